The maximum atomic E-state index is 14.1. The van der Waals surface area contributed by atoms with Crippen molar-refractivity contribution in [2.24, 2.45) is 0 Å². The van der Waals surface area contributed by atoms with Gasteiger partial charge in [-0.2, -0.15) is 10.4 Å². The number of hydrogen-bond donors (Lipinski definition) is 5. The number of nitrogens with zero attached hydrogens (tertiary/aromatic N) is 4. The van der Waals surface area contributed by atoms with E-state index in [1.165, 1.54) is 99.8 Å². The summed E-state index contributed by atoms with van der Waals surface area (Å²) in [5.74, 6) is -1.99. The number of nitrogens with two attached hydrogens (primary N) is 1. The fourth-order valence-electron chi connectivity index (χ4n) is 7.64. The third-order valence-electron chi connectivity index (χ3n) is 11.0. The van der Waals surface area contributed by atoms with Gasteiger partial charge in [0.25, 0.3) is 0 Å². The van der Waals surface area contributed by atoms with Crippen LogP contribution in [0.4, 0.5) is 10.2 Å². The second kappa shape index (κ2) is 21.8. The SMILES string of the molecule is CCCCCCCCCCCCCCCCCCOC[C@H](COP(=O)(O)OC1[C@H]2O[C@@](C#N)(c3ccc4c(N)ncnn34)[C@H](O)[C@@]12O)OCc1cc(F)cc(C(=O)O)c1. The first-order valence-corrected chi connectivity index (χ1v) is 22.3. The summed E-state index contributed by atoms with van der Waals surface area (Å²) in [7, 11) is -4.97. The van der Waals surface area contributed by atoms with Gasteiger partial charge in [0, 0.05) is 6.61 Å². The monoisotopic (exact) mass is 847 g/mol. The topological polar surface area (TPSA) is 241 Å². The molecule has 16 nitrogen and oxygen atoms in total. The maximum Gasteiger partial charge on any atom is 0.472 e. The number of carboxylic acid groups (broad SMARTS) is 1. The van der Waals surface area contributed by atoms with Gasteiger partial charge in [0.1, 0.15) is 48.1 Å². The number of aromatic nitrogens is 3. The molecule has 6 N–H and O–H groups in total. The minimum atomic E-state index is -4.97. The van der Waals surface area contributed by atoms with E-state index >= 15 is 0 Å². The molecule has 1 saturated heterocycles. The van der Waals surface area contributed by atoms with E-state index in [1.807, 2.05) is 6.07 Å². The summed E-state index contributed by atoms with van der Waals surface area (Å²) in [4.78, 5) is 26.0. The molecule has 0 spiro atoms. The summed E-state index contributed by atoms with van der Waals surface area (Å²) in [5.41, 5.74) is 1.82. The van der Waals surface area contributed by atoms with E-state index in [0.29, 0.717) is 12.1 Å². The number of unbranched alkanes of at least 4 members (excludes halogenated alkanes) is 15. The highest BCUT2D eigenvalue weighted by molar-refractivity contribution is 7.47. The number of hydrogen-bond acceptors (Lipinski definition) is 13. The molecule has 2 aromatic heterocycles. The zero-order valence-corrected chi connectivity index (χ0v) is 34.6. The van der Waals surface area contributed by atoms with Crippen LogP contribution in [-0.4, -0.2) is 90.6 Å². The van der Waals surface area contributed by atoms with Crippen LogP contribution >= 0.6 is 7.82 Å². The molecule has 3 heterocycles. The molecule has 1 aliphatic heterocycles. The van der Waals surface area contributed by atoms with E-state index < -0.39 is 61.8 Å². The Morgan fingerprint density at radius 2 is 1.64 bits per heavy atom. The molecule has 1 aliphatic carbocycles. The number of nitrogen functional groups attached to an aromatic ring is 1. The van der Waals surface area contributed by atoms with Crippen molar-refractivity contribution < 1.29 is 57.2 Å². The number of halogens is 1. The highest BCUT2D eigenvalue weighted by Crippen LogP contribution is 2.63. The summed E-state index contributed by atoms with van der Waals surface area (Å²) < 4.78 is 56.5. The van der Waals surface area contributed by atoms with Gasteiger partial charge in [0.05, 0.1) is 31.1 Å². The summed E-state index contributed by atoms with van der Waals surface area (Å²) >= 11 is 0. The maximum absolute atomic E-state index is 14.1. The van der Waals surface area contributed by atoms with Crippen molar-refractivity contribution in [3.63, 3.8) is 0 Å². The van der Waals surface area contributed by atoms with Crippen molar-refractivity contribution in [1.82, 2.24) is 14.6 Å². The molecule has 7 atom stereocenters. The highest BCUT2D eigenvalue weighted by Gasteiger charge is 2.83. The summed E-state index contributed by atoms with van der Waals surface area (Å²) in [5, 5.41) is 46.1. The molecule has 1 saturated carbocycles. The molecular formula is C41H59FN5O11P. The summed E-state index contributed by atoms with van der Waals surface area (Å²) in [6.45, 7) is 1.73. The lowest BCUT2D eigenvalue weighted by Crippen LogP contribution is -2.47. The first kappa shape index (κ1) is 46.5. The number of phosphoric acid groups is 1. The quantitative estimate of drug-likeness (QED) is 0.0359. The number of benzene rings is 1. The van der Waals surface area contributed by atoms with Crippen molar-refractivity contribution >= 4 is 25.1 Å². The zero-order chi connectivity index (χ0) is 42.5. The Labute approximate surface area is 344 Å². The van der Waals surface area contributed by atoms with E-state index in [-0.39, 0.29) is 35.9 Å². The van der Waals surface area contributed by atoms with Crippen molar-refractivity contribution in [3.05, 3.63) is 59.3 Å². The number of carbonyl (C=O) groups is 1. The van der Waals surface area contributed by atoms with Crippen LogP contribution in [0.2, 0.25) is 0 Å². The minimum absolute atomic E-state index is 0.0488. The standard InChI is InChI=1S/C41H59FN5O11P/c1-2-3-4-5-6-7-8-9-10-11-12-13-14-15-16-17-20-54-25-32(55-24-29-21-30(38(48)49)23-31(42)22-29)26-56-59(52,53)58-36-35-41(36,51)39(50)40(27-43,57-35)34-19-18-33-37(44)45-28-46-47(33)34/h18-19,21-23,28,32,35-36,39,50-51H,2-17,20,24-26H2,1H3,(H,48,49)(H,52,53)(H2,44,45,46)/t32-,35-,36?,39+,40+,41+/m1/s1. The minimum Gasteiger partial charge on any atom is -0.478 e. The predicted molar refractivity (Wildman–Crippen MR) is 213 cm³/mol. The van der Waals surface area contributed by atoms with E-state index in [2.05, 4.69) is 17.0 Å². The number of aliphatic hydroxyl groups excluding tert-OH is 1. The van der Waals surface area contributed by atoms with Gasteiger partial charge in [-0.3, -0.25) is 9.05 Å². The number of rotatable bonds is 29. The van der Waals surface area contributed by atoms with Crippen LogP contribution in [0.3, 0.4) is 0 Å². The van der Waals surface area contributed by atoms with Crippen LogP contribution in [0.1, 0.15) is 131 Å². The molecule has 5 rings (SSSR count). The fraction of sp³-hybridized carbons (Fsp3) is 0.659. The lowest BCUT2D eigenvalue weighted by Gasteiger charge is -2.29. The Kier molecular flexibility index (Phi) is 17.2. The zero-order valence-electron chi connectivity index (χ0n) is 33.8. The second-order valence-electron chi connectivity index (χ2n) is 15.6. The second-order valence-corrected chi connectivity index (χ2v) is 17.0. The van der Waals surface area contributed by atoms with Gasteiger partial charge in [-0.05, 0) is 42.3 Å². The number of nitriles is 1. The van der Waals surface area contributed by atoms with Gasteiger partial charge in [0.2, 0.25) is 5.60 Å². The van der Waals surface area contributed by atoms with Crippen molar-refractivity contribution in [2.45, 2.75) is 152 Å². The molecular weight excluding hydrogens is 788 g/mol. The molecule has 2 fully saturated rings. The van der Waals surface area contributed by atoms with Crippen LogP contribution in [0.15, 0.2) is 36.7 Å². The Bertz CT molecular complexity index is 1910. The van der Waals surface area contributed by atoms with Gasteiger partial charge < -0.3 is 40.2 Å². The third kappa shape index (κ3) is 12.1. The average molecular weight is 848 g/mol. The van der Waals surface area contributed by atoms with E-state index in [9.17, 15) is 39.2 Å². The predicted octanol–water partition coefficient (Wildman–Crippen LogP) is 6.74. The molecule has 0 bridgehead atoms. The van der Waals surface area contributed by atoms with E-state index in [4.69, 9.17) is 29.0 Å². The summed E-state index contributed by atoms with van der Waals surface area (Å²) in [6.07, 6.45) is 15.0. The van der Waals surface area contributed by atoms with Gasteiger partial charge in [-0.15, -0.1) is 0 Å². The van der Waals surface area contributed by atoms with Crippen LogP contribution < -0.4 is 5.73 Å². The molecule has 3 aromatic rings. The van der Waals surface area contributed by atoms with Crippen molar-refractivity contribution in [2.75, 3.05) is 25.6 Å². The lowest BCUT2D eigenvalue weighted by molar-refractivity contribution is -0.107. The third-order valence-corrected chi connectivity index (χ3v) is 12.0. The van der Waals surface area contributed by atoms with E-state index in [1.54, 1.807) is 0 Å². The Hall–Kier alpha value is -3.56. The molecule has 2 unspecified atom stereocenters. The van der Waals surface area contributed by atoms with Crippen LogP contribution in [0.5, 0.6) is 0 Å². The first-order chi connectivity index (χ1) is 28.4. The Balaban J connectivity index is 1.06. The molecule has 1 aromatic carbocycles. The first-order valence-electron chi connectivity index (χ1n) is 20.8. The van der Waals surface area contributed by atoms with Crippen molar-refractivity contribution in [3.8, 4) is 6.07 Å². The smallest absolute Gasteiger partial charge is 0.472 e. The molecule has 326 valence electrons. The van der Waals surface area contributed by atoms with Crippen LogP contribution in [0, 0.1) is 17.1 Å². The van der Waals surface area contributed by atoms with Gasteiger partial charge in [0.15, 0.2) is 11.4 Å². The summed E-state index contributed by atoms with van der Waals surface area (Å²) in [6, 6.07) is 8.08. The Morgan fingerprint density at radius 1 is 1.02 bits per heavy atom. The molecule has 18 heteroatoms. The number of carboxylic acids is 1. The van der Waals surface area contributed by atoms with Gasteiger partial charge in [-0.1, -0.05) is 103 Å². The van der Waals surface area contributed by atoms with Crippen LogP contribution in [-0.2, 0) is 40.0 Å². The number of aliphatic hydroxyl groups is 2. The normalized spacial score (nSPS) is 23.8. The largest absolute Gasteiger partial charge is 0.478 e. The number of phosphoric ester groups is 1. The number of fused-ring (bicyclic) bond motifs is 2. The van der Waals surface area contributed by atoms with Gasteiger partial charge >= 0.3 is 13.8 Å². The Morgan fingerprint density at radius 3 is 2.22 bits per heavy atom. The molecule has 0 radical (unpaired) electrons. The van der Waals surface area contributed by atoms with E-state index in [0.717, 1.165) is 44.1 Å². The molecule has 0 amide bonds. The highest BCUT2D eigenvalue weighted by atomic mass is 31.2. The number of ether oxygens (including phenoxy) is 3. The van der Waals surface area contributed by atoms with Crippen LogP contribution in [0.25, 0.3) is 5.52 Å². The number of anilines is 1. The molecule has 59 heavy (non-hydrogen) atoms. The lowest BCUT2D eigenvalue weighted by atomic mass is 9.90. The number of aromatic carboxylic acids is 1. The van der Waals surface area contributed by atoms with Crippen molar-refractivity contribution in [1.29, 1.82) is 5.26 Å². The fourth-order valence-corrected chi connectivity index (χ4v) is 8.62. The van der Waals surface area contributed by atoms with Gasteiger partial charge in [-0.25, -0.2) is 23.2 Å². The average Bonchev–Trinajstić information content (AvgIpc) is 3.44. The molecule has 2 aliphatic rings.